The van der Waals surface area contributed by atoms with Crippen molar-refractivity contribution in [2.75, 3.05) is 13.2 Å². The molecule has 2 aromatic carbocycles. The first-order valence-corrected chi connectivity index (χ1v) is 12.0. The number of ether oxygens (including phenoxy) is 2. The Hall–Kier alpha value is -3.45. The number of hydrogen-bond donors (Lipinski definition) is 1. The van der Waals surface area contributed by atoms with Gasteiger partial charge in [-0.15, -0.1) is 0 Å². The van der Waals surface area contributed by atoms with E-state index in [-0.39, 0.29) is 19.6 Å². The van der Waals surface area contributed by atoms with Crippen LogP contribution in [0.1, 0.15) is 44.2 Å². The second kappa shape index (κ2) is 10.0. The number of aromatic nitrogens is 1. The molecule has 35 heavy (non-hydrogen) atoms. The predicted molar refractivity (Wildman–Crippen MR) is 131 cm³/mol. The maximum atomic E-state index is 13.3. The van der Waals surface area contributed by atoms with Gasteiger partial charge in [-0.05, 0) is 38.0 Å². The van der Waals surface area contributed by atoms with Crippen LogP contribution in [-0.4, -0.2) is 46.2 Å². The Labute approximate surface area is 204 Å². The fourth-order valence-electron chi connectivity index (χ4n) is 5.31. The summed E-state index contributed by atoms with van der Waals surface area (Å²) in [5.74, 6) is -5.05. The van der Waals surface area contributed by atoms with Crippen molar-refractivity contribution in [3.8, 4) is 0 Å². The SMILES string of the molecule is CCOC(=O)[C@@H]1C(=O)C[C@](C)(O)[C@H](C(=O)OCC)[C@@H]1c1cn(Cc2ccccc2)c2ccccc12. The van der Waals surface area contributed by atoms with Crippen molar-refractivity contribution in [1.29, 1.82) is 0 Å². The van der Waals surface area contributed by atoms with E-state index in [1.54, 1.807) is 13.8 Å². The molecule has 4 atom stereocenters. The fourth-order valence-corrected chi connectivity index (χ4v) is 5.31. The van der Waals surface area contributed by atoms with E-state index < -0.39 is 41.1 Å². The van der Waals surface area contributed by atoms with E-state index in [2.05, 4.69) is 0 Å². The van der Waals surface area contributed by atoms with Gasteiger partial charge in [0.2, 0.25) is 0 Å². The van der Waals surface area contributed by atoms with E-state index in [0.29, 0.717) is 12.1 Å². The van der Waals surface area contributed by atoms with Crippen molar-refractivity contribution in [3.63, 3.8) is 0 Å². The quantitative estimate of drug-likeness (QED) is 0.410. The molecule has 0 radical (unpaired) electrons. The first-order chi connectivity index (χ1) is 16.8. The van der Waals surface area contributed by atoms with Gasteiger partial charge >= 0.3 is 11.9 Å². The smallest absolute Gasteiger partial charge is 0.317 e. The molecule has 0 amide bonds. The highest BCUT2D eigenvalue weighted by Crippen LogP contribution is 2.48. The molecule has 0 saturated heterocycles. The van der Waals surface area contributed by atoms with Crippen molar-refractivity contribution >= 4 is 28.6 Å². The maximum Gasteiger partial charge on any atom is 0.317 e. The van der Waals surface area contributed by atoms with Crippen LogP contribution in [0.3, 0.4) is 0 Å². The number of Topliss-reactive ketones (excluding diaryl/α,β-unsaturated/α-hetero) is 1. The van der Waals surface area contributed by atoms with Crippen molar-refractivity contribution in [3.05, 3.63) is 71.9 Å². The molecular weight excluding hydrogens is 446 g/mol. The molecule has 0 spiro atoms. The van der Waals surface area contributed by atoms with Gasteiger partial charge in [0.25, 0.3) is 0 Å². The van der Waals surface area contributed by atoms with E-state index in [9.17, 15) is 19.5 Å². The van der Waals surface area contributed by atoms with Gasteiger partial charge < -0.3 is 19.1 Å². The minimum atomic E-state index is -1.68. The van der Waals surface area contributed by atoms with Gasteiger partial charge in [0.1, 0.15) is 5.92 Å². The summed E-state index contributed by atoms with van der Waals surface area (Å²) in [7, 11) is 0. The van der Waals surface area contributed by atoms with Crippen LogP contribution in [0.15, 0.2) is 60.8 Å². The van der Waals surface area contributed by atoms with E-state index in [1.807, 2.05) is 65.4 Å². The van der Waals surface area contributed by atoms with Gasteiger partial charge in [-0.25, -0.2) is 0 Å². The Morgan fingerprint density at radius 3 is 2.31 bits per heavy atom. The second-order valence-electron chi connectivity index (χ2n) is 9.20. The Morgan fingerprint density at radius 1 is 1.00 bits per heavy atom. The highest BCUT2D eigenvalue weighted by atomic mass is 16.5. The van der Waals surface area contributed by atoms with Gasteiger partial charge in [-0.3, -0.25) is 14.4 Å². The molecule has 1 saturated carbocycles. The Morgan fingerprint density at radius 2 is 1.63 bits per heavy atom. The lowest BCUT2D eigenvalue weighted by Gasteiger charge is -2.43. The molecule has 7 nitrogen and oxygen atoms in total. The van der Waals surface area contributed by atoms with Crippen LogP contribution in [0.2, 0.25) is 0 Å². The van der Waals surface area contributed by atoms with E-state index in [0.717, 1.165) is 16.5 Å². The average molecular weight is 478 g/mol. The zero-order valence-corrected chi connectivity index (χ0v) is 20.3. The van der Waals surface area contributed by atoms with Crippen LogP contribution in [0.5, 0.6) is 0 Å². The molecule has 184 valence electrons. The summed E-state index contributed by atoms with van der Waals surface area (Å²) < 4.78 is 12.7. The molecule has 0 unspecified atom stereocenters. The number of benzene rings is 2. The number of esters is 2. The topological polar surface area (TPSA) is 94.8 Å². The Balaban J connectivity index is 1.92. The molecule has 0 bridgehead atoms. The molecule has 1 heterocycles. The van der Waals surface area contributed by atoms with Crippen LogP contribution in [0, 0.1) is 11.8 Å². The van der Waals surface area contributed by atoms with Crippen molar-refractivity contribution in [2.45, 2.75) is 45.3 Å². The molecule has 1 fully saturated rings. The molecule has 4 rings (SSSR count). The number of ketones is 1. The van der Waals surface area contributed by atoms with Crippen LogP contribution in [0.4, 0.5) is 0 Å². The first kappa shape index (κ1) is 24.7. The van der Waals surface area contributed by atoms with Gasteiger partial charge in [-0.2, -0.15) is 0 Å². The van der Waals surface area contributed by atoms with Crippen LogP contribution >= 0.6 is 0 Å². The van der Waals surface area contributed by atoms with Gasteiger partial charge in [0.15, 0.2) is 5.78 Å². The van der Waals surface area contributed by atoms with Gasteiger partial charge in [0.05, 0.1) is 24.7 Å². The fraction of sp³-hybridized carbons (Fsp3) is 0.393. The predicted octanol–water partition coefficient (Wildman–Crippen LogP) is 3.86. The third-order valence-electron chi connectivity index (χ3n) is 6.72. The first-order valence-electron chi connectivity index (χ1n) is 12.0. The molecule has 1 aliphatic carbocycles. The van der Waals surface area contributed by atoms with Crippen LogP contribution < -0.4 is 0 Å². The maximum absolute atomic E-state index is 13.3. The Kier molecular flexibility index (Phi) is 7.08. The number of fused-ring (bicyclic) bond motifs is 1. The van der Waals surface area contributed by atoms with Crippen LogP contribution in [0.25, 0.3) is 10.9 Å². The minimum absolute atomic E-state index is 0.103. The zero-order chi connectivity index (χ0) is 25.2. The summed E-state index contributed by atoms with van der Waals surface area (Å²) in [6.07, 6.45) is 1.55. The number of carbonyl (C=O) groups excluding carboxylic acids is 3. The van der Waals surface area contributed by atoms with Crippen LogP contribution in [-0.2, 0) is 30.4 Å². The van der Waals surface area contributed by atoms with Crippen molar-refractivity contribution in [2.24, 2.45) is 11.8 Å². The monoisotopic (exact) mass is 477 g/mol. The summed E-state index contributed by atoms with van der Waals surface area (Å²) in [6, 6.07) is 17.6. The van der Waals surface area contributed by atoms with Crippen molar-refractivity contribution < 1.29 is 29.0 Å². The van der Waals surface area contributed by atoms with E-state index in [4.69, 9.17) is 9.47 Å². The summed E-state index contributed by atoms with van der Waals surface area (Å²) in [6.45, 7) is 5.60. The van der Waals surface area contributed by atoms with Crippen molar-refractivity contribution in [1.82, 2.24) is 4.57 Å². The standard InChI is InChI=1S/C28H31NO6/c1-4-34-26(31)24-22(30)15-28(3,33)25(27(32)35-5-2)23(24)20-17-29(16-18-11-7-6-8-12-18)21-14-10-9-13-19(20)21/h6-14,17,23-25,33H,4-5,15-16H2,1-3H3/t23-,24-,25+,28+/m1/s1. The number of aliphatic hydroxyl groups is 1. The second-order valence-corrected chi connectivity index (χ2v) is 9.20. The third kappa shape index (κ3) is 4.73. The van der Waals surface area contributed by atoms with Gasteiger partial charge in [0, 0.05) is 36.0 Å². The highest BCUT2D eigenvalue weighted by Gasteiger charge is 2.57. The molecule has 1 aliphatic rings. The summed E-state index contributed by atoms with van der Waals surface area (Å²) in [5, 5.41) is 12.1. The van der Waals surface area contributed by atoms with Gasteiger partial charge in [-0.1, -0.05) is 48.5 Å². The third-order valence-corrected chi connectivity index (χ3v) is 6.72. The van der Waals surface area contributed by atoms with E-state index in [1.165, 1.54) is 6.92 Å². The molecule has 1 N–H and O–H groups in total. The number of carbonyl (C=O) groups is 3. The number of hydrogen-bond acceptors (Lipinski definition) is 6. The van der Waals surface area contributed by atoms with E-state index >= 15 is 0 Å². The Bertz CT molecular complexity index is 1230. The summed E-state index contributed by atoms with van der Waals surface area (Å²) >= 11 is 0. The number of rotatable bonds is 7. The number of para-hydroxylation sites is 1. The average Bonchev–Trinajstić information content (AvgIpc) is 3.17. The molecule has 0 aliphatic heterocycles. The minimum Gasteiger partial charge on any atom is -0.466 e. The summed E-state index contributed by atoms with van der Waals surface area (Å²) in [4.78, 5) is 39.5. The highest BCUT2D eigenvalue weighted by molar-refractivity contribution is 6.03. The molecule has 3 aromatic rings. The molecule has 1 aromatic heterocycles. The largest absolute Gasteiger partial charge is 0.466 e. The molecule has 7 heteroatoms. The lowest BCUT2D eigenvalue weighted by atomic mass is 9.61. The zero-order valence-electron chi connectivity index (χ0n) is 20.3. The molecular formula is C28H31NO6. The normalized spacial score (nSPS) is 24.3. The lowest BCUT2D eigenvalue weighted by molar-refractivity contribution is -0.172. The summed E-state index contributed by atoms with van der Waals surface area (Å²) in [5.41, 5.74) is 0.935. The number of nitrogens with zero attached hydrogens (tertiary/aromatic N) is 1. The lowest BCUT2D eigenvalue weighted by Crippen LogP contribution is -2.55.